The first kappa shape index (κ1) is 12.6. The summed E-state index contributed by atoms with van der Waals surface area (Å²) >= 11 is 0. The van der Waals surface area contributed by atoms with Gasteiger partial charge in [-0.15, -0.1) is 0 Å². The number of aryl methyl sites for hydroxylation is 1. The Kier molecular flexibility index (Phi) is 4.34. The molecule has 1 saturated heterocycles. The van der Waals surface area contributed by atoms with E-state index in [2.05, 4.69) is 5.32 Å². The highest BCUT2D eigenvalue weighted by atomic mass is 16.2. The van der Waals surface area contributed by atoms with E-state index in [0.29, 0.717) is 12.8 Å². The van der Waals surface area contributed by atoms with E-state index in [1.54, 1.807) is 0 Å². The first-order valence-corrected chi connectivity index (χ1v) is 6.36. The maximum absolute atomic E-state index is 11.9. The molecule has 0 bridgehead atoms. The van der Waals surface area contributed by atoms with Gasteiger partial charge in [-0.1, -0.05) is 12.1 Å². The lowest BCUT2D eigenvalue weighted by Gasteiger charge is -2.14. The Morgan fingerprint density at radius 1 is 1.22 bits per heavy atom. The lowest BCUT2D eigenvalue weighted by molar-refractivity contribution is -0.130. The van der Waals surface area contributed by atoms with Gasteiger partial charge in [0, 0.05) is 25.2 Å². The summed E-state index contributed by atoms with van der Waals surface area (Å²) in [6.07, 6.45) is 4.26. The molecule has 0 radical (unpaired) electrons. The maximum atomic E-state index is 11.9. The Morgan fingerprint density at radius 3 is 2.50 bits per heavy atom. The zero-order valence-electron chi connectivity index (χ0n) is 10.4. The summed E-state index contributed by atoms with van der Waals surface area (Å²) < 4.78 is 0. The summed E-state index contributed by atoms with van der Waals surface area (Å²) in [5.41, 5.74) is 1.90. The first-order chi connectivity index (χ1) is 8.79. The van der Waals surface area contributed by atoms with E-state index in [1.807, 2.05) is 29.2 Å². The Morgan fingerprint density at radius 2 is 1.89 bits per heavy atom. The molecule has 0 aliphatic carbocycles. The van der Waals surface area contributed by atoms with Crippen molar-refractivity contribution >= 4 is 18.0 Å². The second-order valence-corrected chi connectivity index (χ2v) is 4.55. The minimum absolute atomic E-state index is 0.252. The zero-order chi connectivity index (χ0) is 12.8. The largest absolute Gasteiger partial charge is 0.343 e. The van der Waals surface area contributed by atoms with Gasteiger partial charge in [0.25, 0.3) is 0 Å². The van der Waals surface area contributed by atoms with Crippen LogP contribution in [0.25, 0.3) is 0 Å². The van der Waals surface area contributed by atoms with Crippen molar-refractivity contribution in [1.82, 2.24) is 4.90 Å². The number of rotatable bonds is 5. The van der Waals surface area contributed by atoms with E-state index < -0.39 is 0 Å². The number of hydrogen-bond donors (Lipinski definition) is 1. The van der Waals surface area contributed by atoms with Gasteiger partial charge in [0.05, 0.1) is 0 Å². The normalized spacial score (nSPS) is 14.6. The molecule has 2 rings (SSSR count). The molecule has 18 heavy (non-hydrogen) atoms. The fraction of sp³-hybridized carbons (Fsp3) is 0.429. The third-order valence-corrected chi connectivity index (χ3v) is 3.27. The molecule has 4 nitrogen and oxygen atoms in total. The van der Waals surface area contributed by atoms with Crippen LogP contribution in [-0.2, 0) is 16.0 Å². The number of likely N-dealkylation sites (tertiary alicyclic amines) is 1. The van der Waals surface area contributed by atoms with Gasteiger partial charge < -0.3 is 10.2 Å². The molecule has 1 heterocycles. The quantitative estimate of drug-likeness (QED) is 0.805. The van der Waals surface area contributed by atoms with Gasteiger partial charge in [-0.05, 0) is 37.0 Å². The van der Waals surface area contributed by atoms with Crippen molar-refractivity contribution in [3.8, 4) is 0 Å². The number of hydrogen-bond acceptors (Lipinski definition) is 2. The van der Waals surface area contributed by atoms with Gasteiger partial charge in [-0.2, -0.15) is 0 Å². The number of amides is 2. The molecule has 1 aromatic rings. The highest BCUT2D eigenvalue weighted by Gasteiger charge is 2.17. The molecule has 2 amide bonds. The highest BCUT2D eigenvalue weighted by molar-refractivity contribution is 5.76. The van der Waals surface area contributed by atoms with Crippen LogP contribution in [0.1, 0.15) is 24.8 Å². The fourth-order valence-electron chi connectivity index (χ4n) is 2.21. The van der Waals surface area contributed by atoms with E-state index in [4.69, 9.17) is 0 Å². The van der Waals surface area contributed by atoms with Gasteiger partial charge in [0.2, 0.25) is 12.3 Å². The highest BCUT2D eigenvalue weighted by Crippen LogP contribution is 2.13. The number of nitrogens with one attached hydrogen (secondary N) is 1. The van der Waals surface area contributed by atoms with Crippen molar-refractivity contribution in [2.75, 3.05) is 18.4 Å². The van der Waals surface area contributed by atoms with Gasteiger partial charge in [0.1, 0.15) is 0 Å². The number of anilines is 1. The number of nitrogens with zero attached hydrogens (tertiary/aromatic N) is 1. The Hall–Kier alpha value is -1.84. The van der Waals surface area contributed by atoms with Crippen LogP contribution in [0.2, 0.25) is 0 Å². The average molecular weight is 246 g/mol. The predicted molar refractivity (Wildman–Crippen MR) is 70.3 cm³/mol. The van der Waals surface area contributed by atoms with Crippen molar-refractivity contribution in [2.45, 2.75) is 25.7 Å². The lowest BCUT2D eigenvalue weighted by atomic mass is 10.1. The molecule has 0 saturated carbocycles. The smallest absolute Gasteiger partial charge is 0.222 e. The first-order valence-electron chi connectivity index (χ1n) is 6.36. The summed E-state index contributed by atoms with van der Waals surface area (Å²) in [6.45, 7) is 1.84. The van der Waals surface area contributed by atoms with Crippen LogP contribution in [0, 0.1) is 0 Å². The molecule has 4 heteroatoms. The summed E-state index contributed by atoms with van der Waals surface area (Å²) in [5.74, 6) is 0.252. The molecule has 1 fully saturated rings. The number of carbonyl (C=O) groups excluding carboxylic acids is 2. The van der Waals surface area contributed by atoms with Crippen LogP contribution >= 0.6 is 0 Å². The van der Waals surface area contributed by atoms with Gasteiger partial charge in [-0.3, -0.25) is 9.59 Å². The van der Waals surface area contributed by atoms with Crippen molar-refractivity contribution < 1.29 is 9.59 Å². The van der Waals surface area contributed by atoms with E-state index in [1.165, 1.54) is 0 Å². The molecule has 0 atom stereocenters. The van der Waals surface area contributed by atoms with Crippen molar-refractivity contribution in [3.05, 3.63) is 29.8 Å². The predicted octanol–water partition coefficient (Wildman–Crippen LogP) is 1.81. The van der Waals surface area contributed by atoms with Crippen LogP contribution in [0.5, 0.6) is 0 Å². The Labute approximate surface area is 107 Å². The molecular formula is C14H18N2O2. The number of carbonyl (C=O) groups is 2. The van der Waals surface area contributed by atoms with E-state index in [9.17, 15) is 9.59 Å². The topological polar surface area (TPSA) is 49.4 Å². The van der Waals surface area contributed by atoms with E-state index in [-0.39, 0.29) is 5.91 Å². The van der Waals surface area contributed by atoms with Gasteiger partial charge in [0.15, 0.2) is 0 Å². The summed E-state index contributed by atoms with van der Waals surface area (Å²) in [6, 6.07) is 7.60. The molecular weight excluding hydrogens is 228 g/mol. The molecule has 1 N–H and O–H groups in total. The monoisotopic (exact) mass is 246 g/mol. The van der Waals surface area contributed by atoms with Crippen molar-refractivity contribution in [2.24, 2.45) is 0 Å². The van der Waals surface area contributed by atoms with Gasteiger partial charge >= 0.3 is 0 Å². The second kappa shape index (κ2) is 6.19. The van der Waals surface area contributed by atoms with Crippen LogP contribution in [0.15, 0.2) is 24.3 Å². The third kappa shape index (κ3) is 3.32. The molecule has 1 aliphatic heterocycles. The fourth-order valence-corrected chi connectivity index (χ4v) is 2.21. The average Bonchev–Trinajstić information content (AvgIpc) is 2.92. The lowest BCUT2D eigenvalue weighted by Crippen LogP contribution is -2.27. The Bertz CT molecular complexity index is 408. The van der Waals surface area contributed by atoms with Crippen LogP contribution in [0.4, 0.5) is 5.69 Å². The molecule has 0 aromatic heterocycles. The maximum Gasteiger partial charge on any atom is 0.222 e. The molecule has 1 aliphatic rings. The summed E-state index contributed by atoms with van der Waals surface area (Å²) in [4.78, 5) is 24.1. The van der Waals surface area contributed by atoms with E-state index >= 15 is 0 Å². The molecule has 0 spiro atoms. The summed E-state index contributed by atoms with van der Waals surface area (Å²) in [7, 11) is 0. The van der Waals surface area contributed by atoms with Gasteiger partial charge in [-0.25, -0.2) is 0 Å². The summed E-state index contributed by atoms with van der Waals surface area (Å²) in [5, 5.41) is 2.59. The van der Waals surface area contributed by atoms with Crippen LogP contribution in [0.3, 0.4) is 0 Å². The van der Waals surface area contributed by atoms with Crippen LogP contribution < -0.4 is 5.32 Å². The Balaban J connectivity index is 1.82. The number of benzene rings is 1. The third-order valence-electron chi connectivity index (χ3n) is 3.27. The molecule has 96 valence electrons. The molecule has 1 aromatic carbocycles. The second-order valence-electron chi connectivity index (χ2n) is 4.55. The van der Waals surface area contributed by atoms with Crippen molar-refractivity contribution in [1.29, 1.82) is 0 Å². The van der Waals surface area contributed by atoms with E-state index in [0.717, 1.165) is 43.6 Å². The minimum atomic E-state index is 0.252. The molecule has 0 unspecified atom stereocenters. The standard InChI is InChI=1S/C14H18N2O2/c17-11-15-13-6-3-12(4-7-13)5-8-14(18)16-9-1-2-10-16/h3-4,6-7,11H,1-2,5,8-10H2,(H,15,17). The zero-order valence-corrected chi connectivity index (χ0v) is 10.4. The minimum Gasteiger partial charge on any atom is -0.343 e. The van der Waals surface area contributed by atoms with Crippen molar-refractivity contribution in [3.63, 3.8) is 0 Å². The SMILES string of the molecule is O=CNc1ccc(CCC(=O)N2CCCC2)cc1. The van der Waals surface area contributed by atoms with Crippen LogP contribution in [-0.4, -0.2) is 30.3 Å².